The van der Waals surface area contributed by atoms with E-state index in [1.165, 1.54) is 0 Å². The molecular formula is C9H12N2O. The average molecular weight is 164 g/mol. The van der Waals surface area contributed by atoms with Gasteiger partial charge < -0.3 is 10.8 Å². The van der Waals surface area contributed by atoms with Crippen molar-refractivity contribution < 1.29 is 5.11 Å². The average Bonchev–Trinajstić information content (AvgIpc) is 2.06. The molecule has 1 rings (SSSR count). The van der Waals surface area contributed by atoms with Crippen LogP contribution in [0.25, 0.3) is 0 Å². The molecular weight excluding hydrogens is 152 g/mol. The Bertz CT molecular complexity index is 256. The van der Waals surface area contributed by atoms with Gasteiger partial charge in [-0.2, -0.15) is 0 Å². The van der Waals surface area contributed by atoms with Crippen LogP contribution in [0.4, 0.5) is 5.69 Å². The van der Waals surface area contributed by atoms with Crippen LogP contribution in [0.2, 0.25) is 0 Å². The zero-order chi connectivity index (χ0) is 8.81. The molecule has 64 valence electrons. The predicted octanol–water partition coefficient (Wildman–Crippen LogP) is 1.06. The summed E-state index contributed by atoms with van der Waals surface area (Å²) in [5, 5.41) is 8.55. The number of hydrogen-bond acceptors (Lipinski definition) is 2. The highest BCUT2D eigenvalue weighted by molar-refractivity contribution is 5.83. The number of hydrogen-bond donors (Lipinski definition) is 2. The first-order valence-electron chi connectivity index (χ1n) is 3.82. The van der Waals surface area contributed by atoms with Gasteiger partial charge in [-0.25, -0.2) is 4.99 Å². The number of aliphatic hydroxyl groups is 1. The summed E-state index contributed by atoms with van der Waals surface area (Å²) in [7, 11) is 0. The highest BCUT2D eigenvalue weighted by atomic mass is 16.3. The van der Waals surface area contributed by atoms with Crippen LogP contribution in [0.5, 0.6) is 0 Å². The van der Waals surface area contributed by atoms with Gasteiger partial charge in [-0.3, -0.25) is 0 Å². The summed E-state index contributed by atoms with van der Waals surface area (Å²) in [6.07, 6.45) is 0.425. The van der Waals surface area contributed by atoms with Crippen molar-refractivity contribution in [3.63, 3.8) is 0 Å². The number of para-hydroxylation sites is 1. The van der Waals surface area contributed by atoms with Gasteiger partial charge >= 0.3 is 0 Å². The summed E-state index contributed by atoms with van der Waals surface area (Å²) in [6.45, 7) is 0.0438. The van der Waals surface area contributed by atoms with Crippen LogP contribution in [-0.4, -0.2) is 17.5 Å². The Morgan fingerprint density at radius 2 is 2.00 bits per heavy atom. The van der Waals surface area contributed by atoms with Crippen LogP contribution >= 0.6 is 0 Å². The Morgan fingerprint density at radius 3 is 2.58 bits per heavy atom. The van der Waals surface area contributed by atoms with Crippen molar-refractivity contribution in [1.82, 2.24) is 0 Å². The smallest absolute Gasteiger partial charge is 0.102 e. The fourth-order valence-electron chi connectivity index (χ4n) is 0.839. The number of rotatable bonds is 3. The van der Waals surface area contributed by atoms with Gasteiger partial charge in [-0.15, -0.1) is 0 Å². The second kappa shape index (κ2) is 4.51. The highest BCUT2D eigenvalue weighted by Crippen LogP contribution is 2.09. The van der Waals surface area contributed by atoms with E-state index >= 15 is 0 Å². The van der Waals surface area contributed by atoms with Crippen LogP contribution in [0.3, 0.4) is 0 Å². The molecule has 0 aromatic heterocycles. The van der Waals surface area contributed by atoms with E-state index in [0.29, 0.717) is 12.3 Å². The first-order chi connectivity index (χ1) is 5.83. The Morgan fingerprint density at radius 1 is 1.33 bits per heavy atom. The molecule has 0 saturated heterocycles. The van der Waals surface area contributed by atoms with Crippen molar-refractivity contribution in [3.05, 3.63) is 30.3 Å². The third-order valence-corrected chi connectivity index (χ3v) is 1.40. The molecule has 0 fully saturated rings. The van der Waals surface area contributed by atoms with Gasteiger partial charge in [0, 0.05) is 6.42 Å². The van der Waals surface area contributed by atoms with E-state index < -0.39 is 0 Å². The monoisotopic (exact) mass is 164 g/mol. The highest BCUT2D eigenvalue weighted by Gasteiger charge is 1.90. The molecule has 0 aliphatic carbocycles. The number of nitrogens with two attached hydrogens (primary N) is 1. The van der Waals surface area contributed by atoms with Crippen molar-refractivity contribution in [2.24, 2.45) is 10.7 Å². The van der Waals surface area contributed by atoms with Crippen LogP contribution in [0.15, 0.2) is 35.3 Å². The van der Waals surface area contributed by atoms with Gasteiger partial charge in [0.05, 0.1) is 12.3 Å². The van der Waals surface area contributed by atoms with E-state index in [0.717, 1.165) is 5.69 Å². The topological polar surface area (TPSA) is 58.6 Å². The standard InChI is InChI=1S/C9H12N2O/c10-9(6-7-12)11-8-4-2-1-3-5-8/h1-5,12H,6-7H2,(H2,10,11). The maximum Gasteiger partial charge on any atom is 0.102 e. The number of aliphatic imine (C=N–C) groups is 1. The molecule has 0 saturated carbocycles. The summed E-state index contributed by atoms with van der Waals surface area (Å²) in [5.41, 5.74) is 6.33. The van der Waals surface area contributed by atoms with Crippen molar-refractivity contribution in [3.8, 4) is 0 Å². The predicted molar refractivity (Wildman–Crippen MR) is 49.4 cm³/mol. The molecule has 0 spiro atoms. The minimum absolute atomic E-state index is 0.0438. The Labute approximate surface area is 71.6 Å². The lowest BCUT2D eigenvalue weighted by Crippen LogP contribution is -2.12. The van der Waals surface area contributed by atoms with Gasteiger partial charge in [0.1, 0.15) is 5.84 Å². The number of nitrogens with zero attached hydrogens (tertiary/aromatic N) is 1. The van der Waals surface area contributed by atoms with Crippen molar-refractivity contribution in [2.45, 2.75) is 6.42 Å². The zero-order valence-corrected chi connectivity index (χ0v) is 6.77. The summed E-state index contributed by atoms with van der Waals surface area (Å²) in [6, 6.07) is 9.44. The van der Waals surface area contributed by atoms with E-state index in [1.54, 1.807) is 0 Å². The van der Waals surface area contributed by atoms with Crippen LogP contribution in [0, 0.1) is 0 Å². The molecule has 0 heterocycles. The first kappa shape index (κ1) is 8.74. The largest absolute Gasteiger partial charge is 0.396 e. The van der Waals surface area contributed by atoms with Crippen LogP contribution < -0.4 is 5.73 Å². The van der Waals surface area contributed by atoms with E-state index in [9.17, 15) is 0 Å². The zero-order valence-electron chi connectivity index (χ0n) is 6.77. The van der Waals surface area contributed by atoms with E-state index in [-0.39, 0.29) is 6.61 Å². The maximum atomic E-state index is 8.55. The Kier molecular flexibility index (Phi) is 3.29. The van der Waals surface area contributed by atoms with Gasteiger partial charge in [0.25, 0.3) is 0 Å². The minimum atomic E-state index is 0.0438. The summed E-state index contributed by atoms with van der Waals surface area (Å²) < 4.78 is 0. The molecule has 0 atom stereocenters. The quantitative estimate of drug-likeness (QED) is 0.518. The minimum Gasteiger partial charge on any atom is -0.396 e. The lowest BCUT2D eigenvalue weighted by Gasteiger charge is -1.96. The fraction of sp³-hybridized carbons (Fsp3) is 0.222. The van der Waals surface area contributed by atoms with Gasteiger partial charge in [-0.1, -0.05) is 18.2 Å². The molecule has 1 aromatic rings. The molecule has 1 aromatic carbocycles. The molecule has 0 unspecified atom stereocenters. The van der Waals surface area contributed by atoms with Crippen molar-refractivity contribution in [1.29, 1.82) is 0 Å². The number of aliphatic hydroxyl groups excluding tert-OH is 1. The van der Waals surface area contributed by atoms with Gasteiger partial charge in [-0.05, 0) is 12.1 Å². The molecule has 0 aliphatic heterocycles. The number of amidine groups is 1. The summed E-state index contributed by atoms with van der Waals surface area (Å²) >= 11 is 0. The summed E-state index contributed by atoms with van der Waals surface area (Å²) in [4.78, 5) is 4.08. The SMILES string of the molecule is NC(CCO)=Nc1ccccc1. The van der Waals surface area contributed by atoms with Crippen molar-refractivity contribution >= 4 is 11.5 Å². The molecule has 3 N–H and O–H groups in total. The molecule has 0 amide bonds. The van der Waals surface area contributed by atoms with Gasteiger partial charge in [0.15, 0.2) is 0 Å². The molecule has 0 bridgehead atoms. The van der Waals surface area contributed by atoms with E-state index in [2.05, 4.69) is 4.99 Å². The van der Waals surface area contributed by atoms with E-state index in [4.69, 9.17) is 10.8 Å². The second-order valence-electron chi connectivity index (χ2n) is 2.41. The molecule has 12 heavy (non-hydrogen) atoms. The third-order valence-electron chi connectivity index (χ3n) is 1.40. The van der Waals surface area contributed by atoms with Crippen LogP contribution in [-0.2, 0) is 0 Å². The molecule has 3 nitrogen and oxygen atoms in total. The molecule has 0 aliphatic rings. The first-order valence-corrected chi connectivity index (χ1v) is 3.82. The van der Waals surface area contributed by atoms with Gasteiger partial charge in [0.2, 0.25) is 0 Å². The fourth-order valence-corrected chi connectivity index (χ4v) is 0.839. The third kappa shape index (κ3) is 2.72. The molecule has 3 heteroatoms. The number of benzene rings is 1. The van der Waals surface area contributed by atoms with Crippen LogP contribution in [0.1, 0.15) is 6.42 Å². The lowest BCUT2D eigenvalue weighted by atomic mass is 10.3. The lowest BCUT2D eigenvalue weighted by molar-refractivity contribution is 0.307. The van der Waals surface area contributed by atoms with E-state index in [1.807, 2.05) is 30.3 Å². The Hall–Kier alpha value is -1.35. The summed E-state index contributed by atoms with van der Waals surface area (Å²) in [5.74, 6) is 0.462. The Balaban J connectivity index is 2.67. The maximum absolute atomic E-state index is 8.55. The molecule has 0 radical (unpaired) electrons. The second-order valence-corrected chi connectivity index (χ2v) is 2.41. The normalized spacial score (nSPS) is 11.6. The van der Waals surface area contributed by atoms with Crippen molar-refractivity contribution in [2.75, 3.05) is 6.61 Å².